The molecule has 134 valence electrons. The van der Waals surface area contributed by atoms with Gasteiger partial charge in [0.05, 0.1) is 19.3 Å². The summed E-state index contributed by atoms with van der Waals surface area (Å²) in [5, 5.41) is 5.70. The second kappa shape index (κ2) is 7.01. The minimum Gasteiger partial charge on any atom is -0.441 e. The van der Waals surface area contributed by atoms with Gasteiger partial charge in [0, 0.05) is 11.6 Å². The first-order valence-corrected chi connectivity index (χ1v) is 8.77. The van der Waals surface area contributed by atoms with Crippen LogP contribution < -0.4 is 10.6 Å². The Morgan fingerprint density at radius 3 is 2.52 bits per heavy atom. The van der Waals surface area contributed by atoms with Crippen LogP contribution >= 0.6 is 0 Å². The van der Waals surface area contributed by atoms with Gasteiger partial charge in [-0.2, -0.15) is 0 Å². The zero-order valence-corrected chi connectivity index (χ0v) is 13.9. The van der Waals surface area contributed by atoms with E-state index < -0.39 is 12.2 Å². The van der Waals surface area contributed by atoms with Crippen LogP contribution in [0.5, 0.6) is 0 Å². The number of hydrogen-bond donors (Lipinski definition) is 2. The lowest BCUT2D eigenvalue weighted by atomic mass is 9.84. The van der Waals surface area contributed by atoms with Crippen molar-refractivity contribution in [1.29, 1.82) is 0 Å². The summed E-state index contributed by atoms with van der Waals surface area (Å²) in [5.74, 6) is 0.208. The number of anilines is 1. The minimum atomic E-state index is -0.536. The van der Waals surface area contributed by atoms with Gasteiger partial charge in [-0.1, -0.05) is 24.6 Å². The molecule has 0 aromatic heterocycles. The van der Waals surface area contributed by atoms with Crippen molar-refractivity contribution in [2.45, 2.75) is 43.6 Å². The summed E-state index contributed by atoms with van der Waals surface area (Å²) in [6.45, 7) is 0.654. The Labute approximate surface area is 146 Å². The number of ether oxygens (including phenoxy) is 3. The number of rotatable bonds is 4. The lowest BCUT2D eigenvalue weighted by molar-refractivity contribution is -0.128. The fourth-order valence-electron chi connectivity index (χ4n) is 3.47. The number of carbonyl (C=O) groups excluding carboxylic acids is 2. The highest BCUT2D eigenvalue weighted by molar-refractivity contribution is 5.84. The maximum atomic E-state index is 12.1. The molecule has 2 heterocycles. The van der Waals surface area contributed by atoms with E-state index in [0.29, 0.717) is 12.3 Å². The molecule has 1 aliphatic carbocycles. The number of hydrogen-bond acceptors (Lipinski definition) is 5. The number of para-hydroxylation sites is 1. The van der Waals surface area contributed by atoms with Gasteiger partial charge in [0.15, 0.2) is 6.10 Å². The Hall–Kier alpha value is -2.12. The van der Waals surface area contributed by atoms with E-state index in [1.165, 1.54) is 0 Å². The SMILES string of the molecule is O=C(Nc1ccccc1)OC1COC2C(NC(=O)C3CCC3)COC12. The van der Waals surface area contributed by atoms with Crippen molar-refractivity contribution in [3.8, 4) is 0 Å². The molecule has 3 fully saturated rings. The lowest BCUT2D eigenvalue weighted by Gasteiger charge is -2.27. The third-order valence-electron chi connectivity index (χ3n) is 5.09. The molecule has 25 heavy (non-hydrogen) atoms. The molecule has 4 rings (SSSR count). The van der Waals surface area contributed by atoms with E-state index in [0.717, 1.165) is 19.3 Å². The molecule has 0 spiro atoms. The normalized spacial score (nSPS) is 31.0. The zero-order valence-electron chi connectivity index (χ0n) is 13.9. The first-order valence-electron chi connectivity index (χ1n) is 8.77. The van der Waals surface area contributed by atoms with E-state index in [4.69, 9.17) is 14.2 Å². The van der Waals surface area contributed by atoms with Gasteiger partial charge < -0.3 is 19.5 Å². The molecule has 3 aliphatic rings. The molecule has 2 amide bonds. The van der Waals surface area contributed by atoms with Crippen LogP contribution in [-0.2, 0) is 19.0 Å². The first kappa shape index (κ1) is 16.4. The van der Waals surface area contributed by atoms with Crippen LogP contribution in [-0.4, -0.2) is 49.6 Å². The molecular weight excluding hydrogens is 324 g/mol. The molecular formula is C18H22N2O5. The van der Waals surface area contributed by atoms with Crippen LogP contribution in [0, 0.1) is 5.92 Å². The summed E-state index contributed by atoms with van der Waals surface area (Å²) >= 11 is 0. The second-order valence-corrected chi connectivity index (χ2v) is 6.77. The number of carbonyl (C=O) groups is 2. The van der Waals surface area contributed by atoms with Crippen molar-refractivity contribution in [2.75, 3.05) is 18.5 Å². The van der Waals surface area contributed by atoms with E-state index in [9.17, 15) is 9.59 Å². The van der Waals surface area contributed by atoms with Gasteiger partial charge in [-0.05, 0) is 25.0 Å². The standard InChI is InChI=1S/C18H22N2O5/c21-17(11-5-4-6-11)20-13-9-23-16-14(10-24-15(13)16)25-18(22)19-12-7-2-1-3-8-12/h1-3,7-8,11,13-16H,4-6,9-10H2,(H,19,22)(H,20,21). The summed E-state index contributed by atoms with van der Waals surface area (Å²) in [5.41, 5.74) is 0.668. The van der Waals surface area contributed by atoms with Gasteiger partial charge in [-0.3, -0.25) is 10.1 Å². The second-order valence-electron chi connectivity index (χ2n) is 6.77. The highest BCUT2D eigenvalue weighted by atomic mass is 16.6. The smallest absolute Gasteiger partial charge is 0.412 e. The van der Waals surface area contributed by atoms with Crippen LogP contribution in [0.3, 0.4) is 0 Å². The molecule has 0 radical (unpaired) electrons. The number of fused-ring (bicyclic) bond motifs is 1. The average Bonchev–Trinajstić information content (AvgIpc) is 3.11. The van der Waals surface area contributed by atoms with Crippen LogP contribution in [0.4, 0.5) is 10.5 Å². The first-order chi connectivity index (χ1) is 12.2. The van der Waals surface area contributed by atoms with Crippen molar-refractivity contribution in [1.82, 2.24) is 5.32 Å². The monoisotopic (exact) mass is 346 g/mol. The van der Waals surface area contributed by atoms with E-state index >= 15 is 0 Å². The Morgan fingerprint density at radius 1 is 1.04 bits per heavy atom. The Bertz CT molecular complexity index is 634. The Balaban J connectivity index is 1.29. The summed E-state index contributed by atoms with van der Waals surface area (Å²) in [6, 6.07) is 8.93. The molecule has 2 N–H and O–H groups in total. The minimum absolute atomic E-state index is 0.0790. The molecule has 0 bridgehead atoms. The molecule has 2 saturated heterocycles. The highest BCUT2D eigenvalue weighted by Crippen LogP contribution is 2.31. The number of nitrogens with one attached hydrogen (secondary N) is 2. The van der Waals surface area contributed by atoms with Crippen molar-refractivity contribution < 1.29 is 23.8 Å². The topological polar surface area (TPSA) is 85.9 Å². The predicted octanol–water partition coefficient (Wildman–Crippen LogP) is 1.69. The van der Waals surface area contributed by atoms with Crippen molar-refractivity contribution in [3.63, 3.8) is 0 Å². The van der Waals surface area contributed by atoms with Gasteiger partial charge in [-0.15, -0.1) is 0 Å². The van der Waals surface area contributed by atoms with Crippen LogP contribution in [0.2, 0.25) is 0 Å². The molecule has 2 aliphatic heterocycles. The van der Waals surface area contributed by atoms with Crippen molar-refractivity contribution in [2.24, 2.45) is 5.92 Å². The maximum Gasteiger partial charge on any atom is 0.412 e. The van der Waals surface area contributed by atoms with Crippen LogP contribution in [0.15, 0.2) is 30.3 Å². The number of amides is 2. The maximum absolute atomic E-state index is 12.1. The number of benzene rings is 1. The van der Waals surface area contributed by atoms with Crippen LogP contribution in [0.1, 0.15) is 19.3 Å². The highest BCUT2D eigenvalue weighted by Gasteiger charge is 2.50. The summed E-state index contributed by atoms with van der Waals surface area (Å²) in [7, 11) is 0. The molecule has 7 heteroatoms. The van der Waals surface area contributed by atoms with E-state index in [-0.39, 0.29) is 36.7 Å². The van der Waals surface area contributed by atoms with Gasteiger partial charge in [-0.25, -0.2) is 4.79 Å². The van der Waals surface area contributed by atoms with Crippen LogP contribution in [0.25, 0.3) is 0 Å². The van der Waals surface area contributed by atoms with Gasteiger partial charge in [0.2, 0.25) is 5.91 Å². The zero-order chi connectivity index (χ0) is 17.2. The quantitative estimate of drug-likeness (QED) is 0.866. The molecule has 1 aromatic rings. The van der Waals surface area contributed by atoms with E-state index in [1.54, 1.807) is 12.1 Å². The van der Waals surface area contributed by atoms with Crippen molar-refractivity contribution in [3.05, 3.63) is 30.3 Å². The predicted molar refractivity (Wildman–Crippen MR) is 89.1 cm³/mol. The largest absolute Gasteiger partial charge is 0.441 e. The Morgan fingerprint density at radius 2 is 1.80 bits per heavy atom. The van der Waals surface area contributed by atoms with Gasteiger partial charge in [0.25, 0.3) is 0 Å². The third-order valence-corrected chi connectivity index (χ3v) is 5.09. The summed E-state index contributed by atoms with van der Waals surface area (Å²) < 4.78 is 16.9. The van der Waals surface area contributed by atoms with Gasteiger partial charge in [0.1, 0.15) is 12.2 Å². The van der Waals surface area contributed by atoms with E-state index in [2.05, 4.69) is 10.6 Å². The van der Waals surface area contributed by atoms with Gasteiger partial charge >= 0.3 is 6.09 Å². The molecule has 1 saturated carbocycles. The molecule has 4 atom stereocenters. The fourth-order valence-corrected chi connectivity index (χ4v) is 3.47. The lowest BCUT2D eigenvalue weighted by Crippen LogP contribution is -2.47. The molecule has 1 aromatic carbocycles. The Kier molecular flexibility index (Phi) is 4.59. The van der Waals surface area contributed by atoms with Crippen molar-refractivity contribution >= 4 is 17.7 Å². The molecule has 4 unspecified atom stereocenters. The third kappa shape index (κ3) is 3.48. The average molecular weight is 346 g/mol. The fraction of sp³-hybridized carbons (Fsp3) is 0.556. The summed E-state index contributed by atoms with van der Waals surface area (Å²) in [6.07, 6.45) is 1.42. The van der Waals surface area contributed by atoms with E-state index in [1.807, 2.05) is 18.2 Å². The summed E-state index contributed by atoms with van der Waals surface area (Å²) in [4.78, 5) is 24.2. The molecule has 7 nitrogen and oxygen atoms in total.